The number of rotatable bonds is 5. The number of ether oxygens (including phenoxy) is 1. The molecule has 0 amide bonds. The lowest BCUT2D eigenvalue weighted by Crippen LogP contribution is -2.61. The van der Waals surface area contributed by atoms with Gasteiger partial charge in [0, 0.05) is 11.5 Å². The van der Waals surface area contributed by atoms with E-state index >= 15 is 0 Å². The summed E-state index contributed by atoms with van der Waals surface area (Å²) in [5, 5.41) is 3.58. The zero-order chi connectivity index (χ0) is 13.2. The minimum Gasteiger partial charge on any atom is -0.374 e. The summed E-state index contributed by atoms with van der Waals surface area (Å²) in [6.07, 6.45) is 8.92. The molecular weight excluding hydrogens is 222 g/mol. The predicted octanol–water partition coefficient (Wildman–Crippen LogP) is 3.75. The maximum absolute atomic E-state index is 6.41. The molecule has 4 unspecified atom stereocenters. The van der Waals surface area contributed by atoms with Gasteiger partial charge in [0.1, 0.15) is 0 Å². The molecule has 0 aliphatic heterocycles. The number of hydrogen-bond acceptors (Lipinski definition) is 2. The standard InChI is InChI=1S/C16H31NO/c1-5-12-8-7-9-13(10-12)18-15-11-14(17-6-2)16(15,3)4/h12-15,17H,5-11H2,1-4H3. The van der Waals surface area contributed by atoms with Crippen LogP contribution in [0, 0.1) is 11.3 Å². The Morgan fingerprint density at radius 3 is 2.56 bits per heavy atom. The van der Waals surface area contributed by atoms with Gasteiger partial charge in [-0.05, 0) is 31.7 Å². The van der Waals surface area contributed by atoms with Gasteiger partial charge in [-0.2, -0.15) is 0 Å². The van der Waals surface area contributed by atoms with Crippen LogP contribution >= 0.6 is 0 Å². The van der Waals surface area contributed by atoms with E-state index < -0.39 is 0 Å². The van der Waals surface area contributed by atoms with Crippen LogP contribution in [0.1, 0.15) is 66.2 Å². The second-order valence-corrected chi connectivity index (χ2v) is 6.85. The van der Waals surface area contributed by atoms with Crippen LogP contribution in [0.25, 0.3) is 0 Å². The summed E-state index contributed by atoms with van der Waals surface area (Å²) in [5.41, 5.74) is 0.315. The molecule has 106 valence electrons. The Labute approximate surface area is 113 Å². The topological polar surface area (TPSA) is 21.3 Å². The molecule has 0 aromatic heterocycles. The van der Waals surface area contributed by atoms with Gasteiger partial charge in [-0.1, -0.05) is 47.0 Å². The third-order valence-corrected chi connectivity index (χ3v) is 5.30. The van der Waals surface area contributed by atoms with Gasteiger partial charge >= 0.3 is 0 Å². The largest absolute Gasteiger partial charge is 0.374 e. The van der Waals surface area contributed by atoms with Crippen molar-refractivity contribution in [1.29, 1.82) is 0 Å². The van der Waals surface area contributed by atoms with Gasteiger partial charge in [0.25, 0.3) is 0 Å². The Hall–Kier alpha value is -0.0800. The smallest absolute Gasteiger partial charge is 0.0659 e. The second kappa shape index (κ2) is 5.92. The molecule has 2 saturated carbocycles. The van der Waals surface area contributed by atoms with Gasteiger partial charge in [-0.3, -0.25) is 0 Å². The molecule has 2 aliphatic rings. The molecule has 2 fully saturated rings. The summed E-state index contributed by atoms with van der Waals surface area (Å²) < 4.78 is 6.41. The third kappa shape index (κ3) is 2.91. The molecule has 2 heteroatoms. The van der Waals surface area contributed by atoms with Crippen LogP contribution in [0.4, 0.5) is 0 Å². The van der Waals surface area contributed by atoms with Crippen molar-refractivity contribution < 1.29 is 4.74 Å². The second-order valence-electron chi connectivity index (χ2n) is 6.85. The lowest BCUT2D eigenvalue weighted by atomic mass is 9.64. The first-order valence-corrected chi connectivity index (χ1v) is 7.96. The average molecular weight is 253 g/mol. The van der Waals surface area contributed by atoms with Crippen LogP contribution in [0.3, 0.4) is 0 Å². The van der Waals surface area contributed by atoms with Crippen LogP contribution in [0.2, 0.25) is 0 Å². The monoisotopic (exact) mass is 253 g/mol. The highest BCUT2D eigenvalue weighted by atomic mass is 16.5. The van der Waals surface area contributed by atoms with Gasteiger partial charge in [-0.25, -0.2) is 0 Å². The van der Waals surface area contributed by atoms with Crippen molar-refractivity contribution in [1.82, 2.24) is 5.32 Å². The first-order chi connectivity index (χ1) is 8.57. The van der Waals surface area contributed by atoms with E-state index in [1.54, 1.807) is 0 Å². The van der Waals surface area contributed by atoms with Crippen LogP contribution in [-0.4, -0.2) is 24.8 Å². The van der Waals surface area contributed by atoms with E-state index in [4.69, 9.17) is 4.74 Å². The van der Waals surface area contributed by atoms with Gasteiger partial charge in [0.15, 0.2) is 0 Å². The molecule has 0 radical (unpaired) electrons. The molecule has 2 aliphatic carbocycles. The Kier molecular flexibility index (Phi) is 4.71. The molecule has 0 saturated heterocycles. The van der Waals surface area contributed by atoms with Crippen molar-refractivity contribution in [3.63, 3.8) is 0 Å². The lowest BCUT2D eigenvalue weighted by Gasteiger charge is -2.53. The quantitative estimate of drug-likeness (QED) is 0.805. The molecule has 0 spiro atoms. The maximum Gasteiger partial charge on any atom is 0.0659 e. The minimum absolute atomic E-state index is 0.315. The molecule has 4 atom stereocenters. The highest BCUT2D eigenvalue weighted by Gasteiger charge is 2.49. The third-order valence-electron chi connectivity index (χ3n) is 5.30. The van der Waals surface area contributed by atoms with Gasteiger partial charge < -0.3 is 10.1 Å². The van der Waals surface area contributed by atoms with Crippen LogP contribution < -0.4 is 5.32 Å². The SMILES string of the molecule is CCNC1CC(OC2CCCC(CC)C2)C1(C)C. The summed E-state index contributed by atoms with van der Waals surface area (Å²) in [7, 11) is 0. The van der Waals surface area contributed by atoms with E-state index in [0.29, 0.717) is 23.7 Å². The zero-order valence-corrected chi connectivity index (χ0v) is 12.7. The molecule has 0 aromatic rings. The van der Waals surface area contributed by atoms with Crippen molar-refractivity contribution >= 4 is 0 Å². The summed E-state index contributed by atoms with van der Waals surface area (Å²) in [4.78, 5) is 0. The molecule has 18 heavy (non-hydrogen) atoms. The van der Waals surface area contributed by atoms with Crippen molar-refractivity contribution in [3.8, 4) is 0 Å². The molecule has 1 N–H and O–H groups in total. The summed E-state index contributed by atoms with van der Waals surface area (Å²) in [5.74, 6) is 0.913. The predicted molar refractivity (Wildman–Crippen MR) is 76.8 cm³/mol. The van der Waals surface area contributed by atoms with Crippen molar-refractivity contribution in [2.45, 2.75) is 84.5 Å². The highest BCUT2D eigenvalue weighted by Crippen LogP contribution is 2.44. The number of hydrogen-bond donors (Lipinski definition) is 1. The molecule has 0 heterocycles. The van der Waals surface area contributed by atoms with E-state index in [0.717, 1.165) is 12.5 Å². The van der Waals surface area contributed by atoms with Crippen molar-refractivity contribution in [3.05, 3.63) is 0 Å². The summed E-state index contributed by atoms with van der Waals surface area (Å²) >= 11 is 0. The average Bonchev–Trinajstić information content (AvgIpc) is 2.38. The number of nitrogens with one attached hydrogen (secondary N) is 1. The normalized spacial score (nSPS) is 39.3. The summed E-state index contributed by atoms with van der Waals surface area (Å²) in [6, 6.07) is 0.651. The van der Waals surface area contributed by atoms with E-state index in [9.17, 15) is 0 Å². The van der Waals surface area contributed by atoms with Crippen LogP contribution in [-0.2, 0) is 4.74 Å². The molecule has 0 aromatic carbocycles. The Morgan fingerprint density at radius 1 is 1.17 bits per heavy atom. The molecule has 2 rings (SSSR count). The maximum atomic E-state index is 6.41. The Balaban J connectivity index is 1.80. The minimum atomic E-state index is 0.315. The summed E-state index contributed by atoms with van der Waals surface area (Å²) in [6.45, 7) is 10.3. The molecule has 0 bridgehead atoms. The van der Waals surface area contributed by atoms with E-state index in [-0.39, 0.29) is 0 Å². The van der Waals surface area contributed by atoms with E-state index in [1.807, 2.05) is 0 Å². The van der Waals surface area contributed by atoms with E-state index in [1.165, 1.54) is 38.5 Å². The van der Waals surface area contributed by atoms with Gasteiger partial charge in [0.05, 0.1) is 12.2 Å². The van der Waals surface area contributed by atoms with Gasteiger partial charge in [-0.15, -0.1) is 0 Å². The van der Waals surface area contributed by atoms with E-state index in [2.05, 4.69) is 33.0 Å². The first-order valence-electron chi connectivity index (χ1n) is 7.96. The first kappa shape index (κ1) is 14.3. The van der Waals surface area contributed by atoms with Crippen LogP contribution in [0.15, 0.2) is 0 Å². The van der Waals surface area contributed by atoms with Crippen molar-refractivity contribution in [2.24, 2.45) is 11.3 Å². The van der Waals surface area contributed by atoms with Gasteiger partial charge in [0.2, 0.25) is 0 Å². The fraction of sp³-hybridized carbons (Fsp3) is 1.00. The highest BCUT2D eigenvalue weighted by molar-refractivity contribution is 5.03. The fourth-order valence-corrected chi connectivity index (χ4v) is 3.68. The Morgan fingerprint density at radius 2 is 1.94 bits per heavy atom. The fourth-order valence-electron chi connectivity index (χ4n) is 3.68. The van der Waals surface area contributed by atoms with Crippen LogP contribution in [0.5, 0.6) is 0 Å². The lowest BCUT2D eigenvalue weighted by molar-refractivity contribution is -0.157. The molecular formula is C16H31NO. The molecule has 2 nitrogen and oxygen atoms in total. The Bertz CT molecular complexity index is 264. The zero-order valence-electron chi connectivity index (χ0n) is 12.7. The van der Waals surface area contributed by atoms with Crippen molar-refractivity contribution in [2.75, 3.05) is 6.54 Å².